The Bertz CT molecular complexity index is 1240. The molecule has 2 aromatic heterocycles. The van der Waals surface area contributed by atoms with E-state index in [0.29, 0.717) is 31.8 Å². The molecule has 1 atom stereocenters. The number of methoxy groups -OCH3 is 1. The summed E-state index contributed by atoms with van der Waals surface area (Å²) in [5.74, 6) is -1.77. The molecule has 3 aromatic rings. The molecule has 2 N–H and O–H groups in total. The molecule has 0 spiro atoms. The first-order chi connectivity index (χ1) is 15.5. The van der Waals surface area contributed by atoms with Crippen molar-refractivity contribution in [1.82, 2.24) is 9.88 Å². The lowest BCUT2D eigenvalue weighted by atomic mass is 9.91. The first-order valence-electron chi connectivity index (χ1n) is 10.3. The van der Waals surface area contributed by atoms with Crippen LogP contribution in [0.2, 0.25) is 0 Å². The molecule has 1 saturated heterocycles. The van der Waals surface area contributed by atoms with E-state index in [2.05, 4.69) is 4.98 Å². The van der Waals surface area contributed by atoms with E-state index in [1.807, 2.05) is 12.1 Å². The molecule has 0 radical (unpaired) electrons. The molecule has 4 rings (SSSR count). The van der Waals surface area contributed by atoms with E-state index in [4.69, 9.17) is 13.9 Å². The highest BCUT2D eigenvalue weighted by Gasteiger charge is 2.30. The van der Waals surface area contributed by atoms with Crippen LogP contribution in [0.3, 0.4) is 0 Å². The van der Waals surface area contributed by atoms with Gasteiger partial charge in [-0.25, -0.2) is 0 Å². The number of H-pyrrole nitrogens is 1. The van der Waals surface area contributed by atoms with Crippen LogP contribution in [0.5, 0.6) is 5.75 Å². The molecule has 1 aromatic carbocycles. The topological polar surface area (TPSA) is 122 Å². The smallest absolute Gasteiger partial charge is 0.252 e. The molecule has 168 valence electrons. The van der Waals surface area contributed by atoms with Crippen molar-refractivity contribution >= 4 is 16.8 Å². The zero-order chi connectivity index (χ0) is 22.7. The van der Waals surface area contributed by atoms with Crippen LogP contribution in [-0.2, 0) is 20.9 Å². The van der Waals surface area contributed by atoms with E-state index in [0.717, 1.165) is 11.5 Å². The van der Waals surface area contributed by atoms with Crippen LogP contribution in [0, 0.1) is 0 Å². The number of nitrogens with one attached hydrogen (secondary N) is 1. The minimum absolute atomic E-state index is 0.000722. The van der Waals surface area contributed by atoms with Gasteiger partial charge in [0.2, 0.25) is 17.1 Å². The van der Waals surface area contributed by atoms with Crippen LogP contribution in [0.25, 0.3) is 10.9 Å². The highest BCUT2D eigenvalue weighted by molar-refractivity contribution is 5.80. The van der Waals surface area contributed by atoms with Gasteiger partial charge in [0.25, 0.3) is 5.56 Å². The lowest BCUT2D eigenvalue weighted by Crippen LogP contribution is -2.41. The van der Waals surface area contributed by atoms with Crippen molar-refractivity contribution in [2.24, 2.45) is 0 Å². The second kappa shape index (κ2) is 9.37. The van der Waals surface area contributed by atoms with E-state index < -0.39 is 22.7 Å². The fourth-order valence-electron chi connectivity index (χ4n) is 3.89. The molecule has 0 saturated carbocycles. The third kappa shape index (κ3) is 4.44. The van der Waals surface area contributed by atoms with Crippen molar-refractivity contribution in [2.75, 3.05) is 33.4 Å². The van der Waals surface area contributed by atoms with Gasteiger partial charge in [0.05, 0.1) is 19.1 Å². The number of aromatic hydroxyl groups is 1. The molecule has 1 aliphatic rings. The summed E-state index contributed by atoms with van der Waals surface area (Å²) in [5, 5.41) is 11.3. The van der Waals surface area contributed by atoms with Crippen molar-refractivity contribution in [3.63, 3.8) is 0 Å². The first kappa shape index (κ1) is 21.8. The van der Waals surface area contributed by atoms with Crippen molar-refractivity contribution in [1.29, 1.82) is 0 Å². The number of rotatable bonds is 6. The number of hydrogen-bond acceptors (Lipinski definition) is 7. The lowest BCUT2D eigenvalue weighted by molar-refractivity contribution is -0.135. The average Bonchev–Trinajstić information content (AvgIpc) is 2.80. The Morgan fingerprint density at radius 2 is 1.97 bits per heavy atom. The SMILES string of the molecule is COCc1cc(=O)c(O)c([C@@H](CC(=O)N2CCOCC2)c2cc3ccccc3[nH]c2=O)o1. The third-order valence-corrected chi connectivity index (χ3v) is 5.50. The Morgan fingerprint density at radius 3 is 2.72 bits per heavy atom. The van der Waals surface area contributed by atoms with E-state index in [1.165, 1.54) is 7.11 Å². The van der Waals surface area contributed by atoms with Gasteiger partial charge in [0.1, 0.15) is 12.4 Å². The second-order valence-electron chi connectivity index (χ2n) is 7.61. The number of benzene rings is 1. The maximum absolute atomic E-state index is 13.1. The summed E-state index contributed by atoms with van der Waals surface area (Å²) in [6.07, 6.45) is -0.158. The van der Waals surface area contributed by atoms with E-state index in [-0.39, 0.29) is 36.0 Å². The number of fused-ring (bicyclic) bond motifs is 1. The van der Waals surface area contributed by atoms with Gasteiger partial charge < -0.3 is 28.9 Å². The zero-order valence-corrected chi connectivity index (χ0v) is 17.6. The summed E-state index contributed by atoms with van der Waals surface area (Å²) < 4.78 is 16.1. The molecule has 0 aliphatic carbocycles. The van der Waals surface area contributed by atoms with Gasteiger partial charge >= 0.3 is 0 Å². The molecular weight excluding hydrogens is 416 g/mol. The lowest BCUT2D eigenvalue weighted by Gasteiger charge is -2.28. The molecule has 9 heteroatoms. The zero-order valence-electron chi connectivity index (χ0n) is 17.6. The Morgan fingerprint density at radius 1 is 1.22 bits per heavy atom. The minimum atomic E-state index is -0.969. The fourth-order valence-corrected chi connectivity index (χ4v) is 3.89. The molecule has 1 aliphatic heterocycles. The van der Waals surface area contributed by atoms with Crippen LogP contribution >= 0.6 is 0 Å². The normalized spacial score (nSPS) is 15.1. The van der Waals surface area contributed by atoms with Gasteiger partial charge in [-0.15, -0.1) is 0 Å². The molecule has 3 heterocycles. The number of amides is 1. The van der Waals surface area contributed by atoms with Gasteiger partial charge in [0.15, 0.2) is 5.76 Å². The van der Waals surface area contributed by atoms with Gasteiger partial charge in [-0.2, -0.15) is 0 Å². The highest BCUT2D eigenvalue weighted by atomic mass is 16.5. The van der Waals surface area contributed by atoms with Crippen LogP contribution in [0.4, 0.5) is 0 Å². The molecule has 9 nitrogen and oxygen atoms in total. The van der Waals surface area contributed by atoms with Crippen LogP contribution in [0.15, 0.2) is 50.4 Å². The van der Waals surface area contributed by atoms with Gasteiger partial charge in [0, 0.05) is 43.8 Å². The first-order valence-corrected chi connectivity index (χ1v) is 10.3. The quantitative estimate of drug-likeness (QED) is 0.598. The largest absolute Gasteiger partial charge is 0.502 e. The molecule has 0 bridgehead atoms. The fraction of sp³-hybridized carbons (Fsp3) is 0.348. The minimum Gasteiger partial charge on any atom is -0.502 e. The Balaban J connectivity index is 1.84. The molecule has 1 fully saturated rings. The number of aromatic amines is 1. The van der Waals surface area contributed by atoms with Crippen molar-refractivity contribution in [3.05, 3.63) is 74.1 Å². The number of hydrogen-bond donors (Lipinski definition) is 2. The summed E-state index contributed by atoms with van der Waals surface area (Å²) in [4.78, 5) is 42.9. The maximum atomic E-state index is 13.1. The van der Waals surface area contributed by atoms with Crippen LogP contribution < -0.4 is 11.0 Å². The number of morpholine rings is 1. The van der Waals surface area contributed by atoms with Gasteiger partial charge in [-0.3, -0.25) is 14.4 Å². The summed E-state index contributed by atoms with van der Waals surface area (Å²) in [6.45, 7) is 1.71. The number of aromatic nitrogens is 1. The molecule has 1 amide bonds. The number of nitrogens with zero attached hydrogens (tertiary/aromatic N) is 1. The van der Waals surface area contributed by atoms with Gasteiger partial charge in [-0.1, -0.05) is 18.2 Å². The summed E-state index contributed by atoms with van der Waals surface area (Å²) in [6, 6.07) is 10.0. The van der Waals surface area contributed by atoms with Crippen LogP contribution in [0.1, 0.15) is 29.4 Å². The number of carbonyl (C=O) groups is 1. The average molecular weight is 440 g/mol. The van der Waals surface area contributed by atoms with Crippen LogP contribution in [-0.4, -0.2) is 54.3 Å². The number of pyridine rings is 1. The van der Waals surface area contributed by atoms with E-state index in [9.17, 15) is 19.5 Å². The maximum Gasteiger partial charge on any atom is 0.252 e. The van der Waals surface area contributed by atoms with Crippen molar-refractivity contribution in [3.8, 4) is 5.75 Å². The number of para-hydroxylation sites is 1. The molecule has 32 heavy (non-hydrogen) atoms. The Hall–Kier alpha value is -3.43. The second-order valence-corrected chi connectivity index (χ2v) is 7.61. The Kier molecular flexibility index (Phi) is 6.38. The van der Waals surface area contributed by atoms with Crippen molar-refractivity contribution < 1.29 is 23.8 Å². The van der Waals surface area contributed by atoms with Gasteiger partial charge in [-0.05, 0) is 17.5 Å². The monoisotopic (exact) mass is 440 g/mol. The van der Waals surface area contributed by atoms with E-state index >= 15 is 0 Å². The predicted molar refractivity (Wildman–Crippen MR) is 116 cm³/mol. The van der Waals surface area contributed by atoms with Crippen molar-refractivity contribution in [2.45, 2.75) is 18.9 Å². The third-order valence-electron chi connectivity index (χ3n) is 5.50. The highest BCUT2D eigenvalue weighted by Crippen LogP contribution is 2.33. The molecular formula is C23H24N2O7. The number of ether oxygens (including phenoxy) is 2. The summed E-state index contributed by atoms with van der Waals surface area (Å²) in [7, 11) is 1.44. The summed E-state index contributed by atoms with van der Waals surface area (Å²) in [5.41, 5.74) is -0.237. The number of carbonyl (C=O) groups excluding carboxylic acids is 1. The summed E-state index contributed by atoms with van der Waals surface area (Å²) >= 11 is 0. The predicted octanol–water partition coefficient (Wildman–Crippen LogP) is 1.71. The standard InChI is InChI=1S/C23H24N2O7/c1-30-13-15-11-19(26)21(28)22(32-15)16(12-20(27)25-6-8-31-9-7-25)17-10-14-4-2-3-5-18(14)24-23(17)29/h2-5,10-11,16,28H,6-9,12-13H2,1H3,(H,24,29)/t16-/m0/s1. The molecule has 0 unspecified atom stereocenters. The Labute approximate surface area is 183 Å². The van der Waals surface area contributed by atoms with E-state index in [1.54, 1.807) is 23.1 Å².